The lowest BCUT2D eigenvalue weighted by Gasteiger charge is -2.60. The van der Waals surface area contributed by atoms with Crippen molar-refractivity contribution in [3.63, 3.8) is 0 Å². The molecule has 3 unspecified atom stereocenters. The van der Waals surface area contributed by atoms with Gasteiger partial charge in [-0.05, 0) is 58.9 Å². The Bertz CT molecular complexity index is 538. The number of carbonyl (C=O) groups excluding carboxylic acids is 1. The molecule has 2 heterocycles. The molecule has 2 bridgehead atoms. The molecule has 1 amide bonds. The number of hydrogen-bond acceptors (Lipinski definition) is 5. The summed E-state index contributed by atoms with van der Waals surface area (Å²) in [5, 5.41) is 24.5. The number of amides is 1. The topological polar surface area (TPSA) is 99.1 Å². The summed E-state index contributed by atoms with van der Waals surface area (Å²) in [5.74, 6) is -0.472. The zero-order valence-corrected chi connectivity index (χ0v) is 14.7. The highest BCUT2D eigenvalue weighted by molar-refractivity contribution is 5.82. The number of aliphatic hydroxyl groups is 1. The molecule has 3 rings (SSSR count). The lowest BCUT2D eigenvalue weighted by atomic mass is 9.56. The number of piperidine rings is 1. The highest BCUT2D eigenvalue weighted by atomic mass is 16.6. The molecule has 7 heteroatoms. The van der Waals surface area contributed by atoms with Crippen molar-refractivity contribution in [2.45, 2.75) is 63.7 Å². The fourth-order valence-electron chi connectivity index (χ4n) is 4.45. The molecule has 2 saturated heterocycles. The zero-order valence-electron chi connectivity index (χ0n) is 14.7. The van der Waals surface area contributed by atoms with E-state index in [2.05, 4.69) is 5.32 Å². The number of fused-ring (bicyclic) bond motifs is 2. The minimum absolute atomic E-state index is 0.00338. The molecule has 3 atom stereocenters. The molecular weight excluding hydrogens is 312 g/mol. The van der Waals surface area contributed by atoms with Gasteiger partial charge in [0.25, 0.3) is 0 Å². The van der Waals surface area contributed by atoms with Crippen LogP contribution in [0.25, 0.3) is 0 Å². The van der Waals surface area contributed by atoms with Crippen molar-refractivity contribution < 1.29 is 24.5 Å². The summed E-state index contributed by atoms with van der Waals surface area (Å²) < 4.78 is 5.31. The van der Waals surface area contributed by atoms with E-state index in [1.807, 2.05) is 0 Å². The van der Waals surface area contributed by atoms with Crippen molar-refractivity contribution in [3.8, 4) is 0 Å². The highest BCUT2D eigenvalue weighted by Gasteiger charge is 2.67. The molecular formula is C17H28N2O5. The van der Waals surface area contributed by atoms with E-state index in [-0.39, 0.29) is 19.1 Å². The van der Waals surface area contributed by atoms with Crippen LogP contribution in [0.1, 0.15) is 46.5 Å². The second-order valence-electron chi connectivity index (χ2n) is 8.58. The Morgan fingerprint density at radius 1 is 1.25 bits per heavy atom. The van der Waals surface area contributed by atoms with Crippen LogP contribution in [0.4, 0.5) is 4.79 Å². The van der Waals surface area contributed by atoms with Gasteiger partial charge >= 0.3 is 12.1 Å². The van der Waals surface area contributed by atoms with Crippen LogP contribution in [-0.2, 0) is 9.53 Å². The van der Waals surface area contributed by atoms with E-state index in [9.17, 15) is 19.8 Å². The van der Waals surface area contributed by atoms with Gasteiger partial charge in [-0.1, -0.05) is 0 Å². The minimum Gasteiger partial charge on any atom is -0.481 e. The maximum absolute atomic E-state index is 12.2. The van der Waals surface area contributed by atoms with Crippen LogP contribution in [0, 0.1) is 11.3 Å². The van der Waals surface area contributed by atoms with Gasteiger partial charge in [-0.3, -0.25) is 4.79 Å². The molecule has 3 fully saturated rings. The first-order valence-electron chi connectivity index (χ1n) is 8.74. The highest BCUT2D eigenvalue weighted by Crippen LogP contribution is 2.51. The average molecular weight is 340 g/mol. The van der Waals surface area contributed by atoms with Crippen LogP contribution < -0.4 is 5.32 Å². The van der Waals surface area contributed by atoms with Crippen molar-refractivity contribution in [1.82, 2.24) is 10.2 Å². The summed E-state index contributed by atoms with van der Waals surface area (Å²) in [6.07, 6.45) is 2.67. The Kier molecular flexibility index (Phi) is 4.07. The van der Waals surface area contributed by atoms with Crippen molar-refractivity contribution >= 4 is 12.1 Å². The molecule has 1 aliphatic carbocycles. The molecule has 3 N–H and O–H groups in total. The van der Waals surface area contributed by atoms with Gasteiger partial charge in [0.1, 0.15) is 11.0 Å². The largest absolute Gasteiger partial charge is 0.481 e. The molecule has 24 heavy (non-hydrogen) atoms. The Balaban J connectivity index is 1.77. The number of carbonyl (C=O) groups is 2. The number of ether oxygens (including phenoxy) is 1. The molecule has 0 aromatic carbocycles. The summed E-state index contributed by atoms with van der Waals surface area (Å²) in [6.45, 7) is 6.12. The first-order valence-corrected chi connectivity index (χ1v) is 8.74. The normalized spacial score (nSPS) is 35.1. The second kappa shape index (κ2) is 5.59. The Labute approximate surface area is 142 Å². The fraction of sp³-hybridized carbons (Fsp3) is 0.882. The predicted octanol–water partition coefficient (Wildman–Crippen LogP) is 1.20. The van der Waals surface area contributed by atoms with E-state index in [1.165, 1.54) is 4.90 Å². The number of nitrogens with one attached hydrogen (secondary N) is 1. The van der Waals surface area contributed by atoms with Gasteiger partial charge in [-0.25, -0.2) is 4.79 Å². The lowest BCUT2D eigenvalue weighted by Crippen LogP contribution is -2.78. The van der Waals surface area contributed by atoms with Crippen molar-refractivity contribution in [1.29, 1.82) is 0 Å². The predicted molar refractivity (Wildman–Crippen MR) is 86.6 cm³/mol. The van der Waals surface area contributed by atoms with Crippen LogP contribution in [0.2, 0.25) is 0 Å². The number of nitrogens with zero attached hydrogens (tertiary/aromatic N) is 1. The van der Waals surface area contributed by atoms with E-state index in [4.69, 9.17) is 4.74 Å². The smallest absolute Gasteiger partial charge is 0.410 e. The molecule has 3 aliphatic rings. The SMILES string of the molecule is CC(C)(C)OC(=O)N1CC(C(=O)O)(C2(O)CCC3CCNC2C3)C1. The van der Waals surface area contributed by atoms with Crippen LogP contribution in [0.5, 0.6) is 0 Å². The van der Waals surface area contributed by atoms with Crippen LogP contribution in [0.3, 0.4) is 0 Å². The standard InChI is InChI=1S/C17H28N2O5/c1-15(2,3)24-14(22)19-9-16(10-19,13(20)21)17(23)6-4-11-5-7-18-12(17)8-11/h11-12,18,23H,4-10H2,1-3H3,(H,20,21). The number of aliphatic carboxylic acids is 1. The van der Waals surface area contributed by atoms with Gasteiger partial charge in [0, 0.05) is 19.1 Å². The number of carboxylic acids is 1. The summed E-state index contributed by atoms with van der Waals surface area (Å²) in [4.78, 5) is 25.6. The second-order valence-corrected chi connectivity index (χ2v) is 8.58. The summed E-state index contributed by atoms with van der Waals surface area (Å²) in [7, 11) is 0. The maximum Gasteiger partial charge on any atom is 0.410 e. The molecule has 136 valence electrons. The molecule has 0 spiro atoms. The Morgan fingerprint density at radius 2 is 1.92 bits per heavy atom. The number of likely N-dealkylation sites (tertiary alicyclic amines) is 1. The number of rotatable bonds is 2. The molecule has 0 aromatic heterocycles. The van der Waals surface area contributed by atoms with Gasteiger partial charge < -0.3 is 25.2 Å². The molecule has 1 saturated carbocycles. The van der Waals surface area contributed by atoms with Crippen LogP contribution in [0.15, 0.2) is 0 Å². The first-order chi connectivity index (χ1) is 11.1. The monoisotopic (exact) mass is 340 g/mol. The Hall–Kier alpha value is -1.34. The Morgan fingerprint density at radius 3 is 2.50 bits per heavy atom. The van der Waals surface area contributed by atoms with Crippen LogP contribution in [-0.4, -0.2) is 64.1 Å². The quantitative estimate of drug-likeness (QED) is 0.699. The maximum atomic E-state index is 12.2. The van der Waals surface area contributed by atoms with Crippen molar-refractivity contribution in [2.75, 3.05) is 19.6 Å². The van der Waals surface area contributed by atoms with Gasteiger partial charge in [0.05, 0.1) is 5.60 Å². The third-order valence-electron chi connectivity index (χ3n) is 5.83. The van der Waals surface area contributed by atoms with Crippen molar-refractivity contribution in [3.05, 3.63) is 0 Å². The van der Waals surface area contributed by atoms with Gasteiger partial charge in [-0.2, -0.15) is 0 Å². The molecule has 0 radical (unpaired) electrons. The summed E-state index contributed by atoms with van der Waals surface area (Å²) >= 11 is 0. The molecule has 7 nitrogen and oxygen atoms in total. The van der Waals surface area contributed by atoms with E-state index < -0.39 is 28.7 Å². The summed E-state index contributed by atoms with van der Waals surface area (Å²) in [6, 6.07) is -0.220. The first kappa shape index (κ1) is 17.5. The van der Waals surface area contributed by atoms with Crippen LogP contribution >= 0.6 is 0 Å². The van der Waals surface area contributed by atoms with E-state index >= 15 is 0 Å². The van der Waals surface area contributed by atoms with E-state index in [0.29, 0.717) is 12.3 Å². The number of hydrogen-bond donors (Lipinski definition) is 3. The minimum atomic E-state index is -1.33. The van der Waals surface area contributed by atoms with Gasteiger partial charge in [0.2, 0.25) is 0 Å². The molecule has 2 aliphatic heterocycles. The third-order valence-corrected chi connectivity index (χ3v) is 5.83. The van der Waals surface area contributed by atoms with Gasteiger partial charge in [0.15, 0.2) is 0 Å². The fourth-order valence-corrected chi connectivity index (χ4v) is 4.45. The lowest BCUT2D eigenvalue weighted by molar-refractivity contribution is -0.213. The third kappa shape index (κ3) is 2.67. The zero-order chi connectivity index (χ0) is 17.8. The number of carboxylic acid groups (broad SMARTS) is 1. The molecule has 0 aromatic rings. The van der Waals surface area contributed by atoms with E-state index in [1.54, 1.807) is 20.8 Å². The van der Waals surface area contributed by atoms with Crippen molar-refractivity contribution in [2.24, 2.45) is 11.3 Å². The summed E-state index contributed by atoms with van der Waals surface area (Å²) in [5.41, 5.74) is -3.27. The van der Waals surface area contributed by atoms with E-state index in [0.717, 1.165) is 25.8 Å². The average Bonchev–Trinajstić information content (AvgIpc) is 2.40. The van der Waals surface area contributed by atoms with Gasteiger partial charge in [-0.15, -0.1) is 0 Å².